The van der Waals surface area contributed by atoms with E-state index in [1.807, 2.05) is 6.20 Å². The van der Waals surface area contributed by atoms with Crippen molar-refractivity contribution in [3.8, 4) is 0 Å². The Morgan fingerprint density at radius 1 is 1.47 bits per heavy atom. The van der Waals surface area contributed by atoms with Gasteiger partial charge in [0.25, 0.3) is 0 Å². The average molecular weight is 235 g/mol. The Labute approximate surface area is 105 Å². The molecule has 3 heteroatoms. The van der Waals surface area contributed by atoms with E-state index in [1.165, 1.54) is 18.5 Å². The maximum atomic E-state index is 4.49. The molecular weight excluding hydrogens is 210 g/mol. The summed E-state index contributed by atoms with van der Waals surface area (Å²) in [7, 11) is 0. The fourth-order valence-electron chi connectivity index (χ4n) is 3.07. The lowest BCUT2D eigenvalue weighted by molar-refractivity contribution is 0.148. The second kappa shape index (κ2) is 4.45. The van der Waals surface area contributed by atoms with Crippen LogP contribution in [0.5, 0.6) is 0 Å². The highest BCUT2D eigenvalue weighted by atomic mass is 15.3. The van der Waals surface area contributed by atoms with Gasteiger partial charge in [0.1, 0.15) is 0 Å². The lowest BCUT2D eigenvalue weighted by Crippen LogP contribution is -2.49. The largest absolute Gasteiger partial charge is 0.306 e. The van der Waals surface area contributed by atoms with Crippen molar-refractivity contribution < 1.29 is 0 Å². The van der Waals surface area contributed by atoms with Gasteiger partial charge in [0.15, 0.2) is 0 Å². The fraction of sp³-hybridized carbons (Fsp3) is 0.786. The number of rotatable bonds is 3. The fourth-order valence-corrected chi connectivity index (χ4v) is 3.07. The number of nitrogens with zero attached hydrogens (tertiary/aromatic N) is 2. The second-order valence-corrected chi connectivity index (χ2v) is 6.13. The van der Waals surface area contributed by atoms with E-state index in [4.69, 9.17) is 0 Å². The molecule has 1 unspecified atom stereocenters. The van der Waals surface area contributed by atoms with Crippen molar-refractivity contribution in [2.24, 2.45) is 5.41 Å². The molecule has 1 aromatic rings. The van der Waals surface area contributed by atoms with Crippen LogP contribution in [0.3, 0.4) is 0 Å². The van der Waals surface area contributed by atoms with Crippen LogP contribution in [0, 0.1) is 5.41 Å². The Hall–Kier alpha value is -0.830. The first kappa shape index (κ1) is 12.6. The minimum atomic E-state index is 0.0959. The van der Waals surface area contributed by atoms with Gasteiger partial charge in [-0.3, -0.25) is 4.68 Å². The molecule has 0 aromatic carbocycles. The summed E-state index contributed by atoms with van der Waals surface area (Å²) in [5, 5.41) is 8.24. The molecule has 0 bridgehead atoms. The third-order valence-corrected chi connectivity index (χ3v) is 4.02. The van der Waals surface area contributed by atoms with E-state index >= 15 is 0 Å². The topological polar surface area (TPSA) is 29.9 Å². The third-order valence-electron chi connectivity index (χ3n) is 4.02. The summed E-state index contributed by atoms with van der Waals surface area (Å²) in [6.07, 6.45) is 5.55. The van der Waals surface area contributed by atoms with E-state index in [0.29, 0.717) is 0 Å². The van der Waals surface area contributed by atoms with Gasteiger partial charge >= 0.3 is 0 Å². The average Bonchev–Trinajstić information content (AvgIpc) is 2.83. The van der Waals surface area contributed by atoms with Gasteiger partial charge in [-0.05, 0) is 37.3 Å². The summed E-state index contributed by atoms with van der Waals surface area (Å²) in [6.45, 7) is 11.3. The van der Waals surface area contributed by atoms with Crippen LogP contribution >= 0.6 is 0 Å². The summed E-state index contributed by atoms with van der Waals surface area (Å²) < 4.78 is 2.18. The van der Waals surface area contributed by atoms with Crippen molar-refractivity contribution in [1.82, 2.24) is 15.1 Å². The normalized spacial score (nSPS) is 25.4. The molecule has 1 aromatic heterocycles. The predicted octanol–water partition coefficient (Wildman–Crippen LogP) is 2.92. The van der Waals surface area contributed by atoms with Crippen molar-refractivity contribution >= 4 is 0 Å². The van der Waals surface area contributed by atoms with E-state index in [9.17, 15) is 0 Å². The SMILES string of the molecule is CCCn1nccc1C1(C(C)(C)C)CCCN1. The van der Waals surface area contributed by atoms with E-state index in [0.717, 1.165) is 19.5 Å². The molecule has 0 saturated carbocycles. The van der Waals surface area contributed by atoms with Gasteiger partial charge in [-0.2, -0.15) is 5.10 Å². The van der Waals surface area contributed by atoms with Crippen LogP contribution in [0.2, 0.25) is 0 Å². The van der Waals surface area contributed by atoms with Crippen molar-refractivity contribution in [2.75, 3.05) is 6.54 Å². The molecule has 96 valence electrons. The van der Waals surface area contributed by atoms with Crippen molar-refractivity contribution in [3.63, 3.8) is 0 Å². The zero-order chi connectivity index (χ0) is 12.5. The Kier molecular flexibility index (Phi) is 3.30. The zero-order valence-corrected chi connectivity index (χ0v) is 11.6. The molecule has 0 spiro atoms. The Bertz CT molecular complexity index is 367. The number of aromatic nitrogens is 2. The Balaban J connectivity index is 2.43. The molecule has 0 amide bonds. The first-order chi connectivity index (χ1) is 8.01. The van der Waals surface area contributed by atoms with Crippen LogP contribution in [0.25, 0.3) is 0 Å². The molecule has 1 saturated heterocycles. The van der Waals surface area contributed by atoms with Crippen LogP contribution in [0.4, 0.5) is 0 Å². The van der Waals surface area contributed by atoms with Crippen molar-refractivity contribution in [2.45, 2.75) is 59.0 Å². The highest BCUT2D eigenvalue weighted by Gasteiger charge is 2.47. The van der Waals surface area contributed by atoms with Gasteiger partial charge in [0, 0.05) is 12.7 Å². The molecular formula is C14H25N3. The lowest BCUT2D eigenvalue weighted by Gasteiger charge is -2.42. The summed E-state index contributed by atoms with van der Waals surface area (Å²) in [5.74, 6) is 0. The van der Waals surface area contributed by atoms with E-state index in [2.05, 4.69) is 48.9 Å². The third kappa shape index (κ3) is 2.01. The Morgan fingerprint density at radius 2 is 2.24 bits per heavy atom. The van der Waals surface area contributed by atoms with Gasteiger partial charge in [0.05, 0.1) is 11.2 Å². The van der Waals surface area contributed by atoms with Gasteiger partial charge in [-0.1, -0.05) is 27.7 Å². The van der Waals surface area contributed by atoms with Gasteiger partial charge in [0.2, 0.25) is 0 Å². The first-order valence-electron chi connectivity index (χ1n) is 6.78. The number of hydrogen-bond acceptors (Lipinski definition) is 2. The minimum absolute atomic E-state index is 0.0959. The molecule has 1 fully saturated rings. The number of nitrogens with one attached hydrogen (secondary N) is 1. The molecule has 1 atom stereocenters. The quantitative estimate of drug-likeness (QED) is 0.873. The van der Waals surface area contributed by atoms with Crippen molar-refractivity contribution in [3.05, 3.63) is 18.0 Å². The van der Waals surface area contributed by atoms with Crippen LogP contribution < -0.4 is 5.32 Å². The van der Waals surface area contributed by atoms with Crippen LogP contribution in [0.1, 0.15) is 52.7 Å². The maximum Gasteiger partial charge on any atom is 0.0655 e. The maximum absolute atomic E-state index is 4.49. The van der Waals surface area contributed by atoms with Crippen LogP contribution in [0.15, 0.2) is 12.3 Å². The molecule has 1 N–H and O–H groups in total. The van der Waals surface area contributed by atoms with Crippen LogP contribution in [-0.4, -0.2) is 16.3 Å². The summed E-state index contributed by atoms with van der Waals surface area (Å²) >= 11 is 0. The summed E-state index contributed by atoms with van der Waals surface area (Å²) in [5.41, 5.74) is 1.68. The molecule has 1 aliphatic rings. The minimum Gasteiger partial charge on any atom is -0.306 e. The standard InChI is InChI=1S/C14H25N3/c1-5-11-17-12(7-10-16-17)14(13(2,3)4)8-6-9-15-14/h7,10,15H,5-6,8-9,11H2,1-4H3. The summed E-state index contributed by atoms with van der Waals surface area (Å²) in [4.78, 5) is 0. The molecule has 2 heterocycles. The van der Waals surface area contributed by atoms with Crippen molar-refractivity contribution in [1.29, 1.82) is 0 Å². The highest BCUT2D eigenvalue weighted by molar-refractivity contribution is 5.21. The predicted molar refractivity (Wildman–Crippen MR) is 70.9 cm³/mol. The molecule has 3 nitrogen and oxygen atoms in total. The van der Waals surface area contributed by atoms with Gasteiger partial charge in [-0.25, -0.2) is 0 Å². The summed E-state index contributed by atoms with van der Waals surface area (Å²) in [6, 6.07) is 2.19. The van der Waals surface area contributed by atoms with Crippen LogP contribution in [-0.2, 0) is 12.1 Å². The number of aryl methyl sites for hydroxylation is 1. The zero-order valence-electron chi connectivity index (χ0n) is 11.6. The highest BCUT2D eigenvalue weighted by Crippen LogP contribution is 2.45. The van der Waals surface area contributed by atoms with E-state index < -0.39 is 0 Å². The Morgan fingerprint density at radius 3 is 2.76 bits per heavy atom. The first-order valence-corrected chi connectivity index (χ1v) is 6.78. The smallest absolute Gasteiger partial charge is 0.0655 e. The molecule has 0 radical (unpaired) electrons. The number of hydrogen-bond donors (Lipinski definition) is 1. The van der Waals surface area contributed by atoms with E-state index in [1.54, 1.807) is 0 Å². The van der Waals surface area contributed by atoms with Gasteiger partial charge < -0.3 is 5.32 Å². The molecule has 2 rings (SSSR count). The lowest BCUT2D eigenvalue weighted by atomic mass is 9.70. The monoisotopic (exact) mass is 235 g/mol. The molecule has 1 aliphatic heterocycles. The molecule has 0 aliphatic carbocycles. The van der Waals surface area contributed by atoms with E-state index in [-0.39, 0.29) is 11.0 Å². The van der Waals surface area contributed by atoms with Gasteiger partial charge in [-0.15, -0.1) is 0 Å². The second-order valence-electron chi connectivity index (χ2n) is 6.13. The molecule has 17 heavy (non-hydrogen) atoms.